The molecule has 0 amide bonds. The van der Waals surface area contributed by atoms with Crippen LogP contribution in [-0.2, 0) is 16.1 Å². The smallest absolute Gasteiger partial charge is 0.331 e. The standard InChI is InChI=1S/C11H11NOS.C4H6O3/c1-9-12-10(8-14-9)7-13-11-5-3-2-4-6-11;1-7-3-2-4(5)6/h2-6,8H,7H2,1H3;2-3H,1H3,(H,5,6). The zero-order chi connectivity index (χ0) is 15.5. The molecule has 1 aromatic heterocycles. The first-order valence-corrected chi connectivity index (χ1v) is 7.01. The second-order valence-electron chi connectivity index (χ2n) is 3.84. The predicted molar refractivity (Wildman–Crippen MR) is 81.4 cm³/mol. The Morgan fingerprint density at radius 1 is 1.38 bits per heavy atom. The molecule has 1 N–H and O–H groups in total. The second kappa shape index (κ2) is 9.55. The predicted octanol–water partition coefficient (Wildman–Crippen LogP) is 3.26. The average Bonchev–Trinajstić information content (AvgIpc) is 2.90. The quantitative estimate of drug-likeness (QED) is 0.678. The lowest BCUT2D eigenvalue weighted by molar-refractivity contribution is -0.131. The number of nitrogens with zero attached hydrogens (tertiary/aromatic N) is 1. The summed E-state index contributed by atoms with van der Waals surface area (Å²) in [5, 5.41) is 11.0. The third-order valence-electron chi connectivity index (χ3n) is 2.14. The fourth-order valence-corrected chi connectivity index (χ4v) is 1.87. The Kier molecular flexibility index (Phi) is 7.60. The zero-order valence-electron chi connectivity index (χ0n) is 11.9. The number of hydrogen-bond acceptors (Lipinski definition) is 5. The van der Waals surface area contributed by atoms with Crippen LogP contribution in [0.1, 0.15) is 10.7 Å². The number of ether oxygens (including phenoxy) is 2. The Morgan fingerprint density at radius 2 is 2.10 bits per heavy atom. The highest BCUT2D eigenvalue weighted by molar-refractivity contribution is 7.09. The van der Waals surface area contributed by atoms with E-state index in [2.05, 4.69) is 9.72 Å². The number of hydrogen-bond donors (Lipinski definition) is 1. The van der Waals surface area contributed by atoms with Crippen molar-refractivity contribution in [3.8, 4) is 5.75 Å². The Labute approximate surface area is 127 Å². The molecule has 0 bridgehead atoms. The highest BCUT2D eigenvalue weighted by atomic mass is 32.1. The summed E-state index contributed by atoms with van der Waals surface area (Å²) in [6, 6.07) is 9.78. The number of para-hydroxylation sites is 1. The van der Waals surface area contributed by atoms with E-state index in [0.29, 0.717) is 6.61 Å². The number of methoxy groups -OCH3 is 1. The normalized spacial score (nSPS) is 9.81. The third kappa shape index (κ3) is 7.74. The minimum atomic E-state index is -0.998. The van der Waals surface area contributed by atoms with E-state index in [9.17, 15) is 4.79 Å². The molecule has 0 saturated carbocycles. The number of benzene rings is 1. The molecule has 21 heavy (non-hydrogen) atoms. The molecule has 0 atom stereocenters. The molecular formula is C15H17NO4S. The maximum Gasteiger partial charge on any atom is 0.331 e. The van der Waals surface area contributed by atoms with Crippen molar-refractivity contribution in [1.29, 1.82) is 0 Å². The lowest BCUT2D eigenvalue weighted by atomic mass is 10.3. The van der Waals surface area contributed by atoms with Gasteiger partial charge in [-0.2, -0.15) is 0 Å². The molecule has 0 aliphatic rings. The van der Waals surface area contributed by atoms with Crippen LogP contribution in [0.4, 0.5) is 0 Å². The summed E-state index contributed by atoms with van der Waals surface area (Å²) in [6.07, 6.45) is 2.02. The largest absolute Gasteiger partial charge is 0.504 e. The van der Waals surface area contributed by atoms with Gasteiger partial charge in [-0.15, -0.1) is 11.3 Å². The Balaban J connectivity index is 0.000000270. The number of carboxylic acids is 1. The Hall–Kier alpha value is -2.34. The molecule has 5 nitrogen and oxygen atoms in total. The molecule has 1 heterocycles. The summed E-state index contributed by atoms with van der Waals surface area (Å²) in [5.41, 5.74) is 0.997. The first-order valence-electron chi connectivity index (χ1n) is 6.13. The summed E-state index contributed by atoms with van der Waals surface area (Å²) in [6.45, 7) is 2.55. The van der Waals surface area contributed by atoms with Gasteiger partial charge in [0.1, 0.15) is 12.4 Å². The second-order valence-corrected chi connectivity index (χ2v) is 4.90. The van der Waals surface area contributed by atoms with E-state index in [-0.39, 0.29) is 0 Å². The fraction of sp³-hybridized carbons (Fsp3) is 0.200. The average molecular weight is 307 g/mol. The lowest BCUT2D eigenvalue weighted by Crippen LogP contribution is -1.95. The number of aryl methyl sites for hydroxylation is 1. The van der Waals surface area contributed by atoms with Crippen molar-refractivity contribution in [3.63, 3.8) is 0 Å². The third-order valence-corrected chi connectivity index (χ3v) is 2.97. The van der Waals surface area contributed by atoms with Crippen LogP contribution in [0, 0.1) is 6.92 Å². The fourth-order valence-electron chi connectivity index (χ4n) is 1.27. The summed E-state index contributed by atoms with van der Waals surface area (Å²) < 4.78 is 9.84. The van der Waals surface area contributed by atoms with Crippen LogP contribution in [-0.4, -0.2) is 23.2 Å². The van der Waals surface area contributed by atoms with Crippen LogP contribution >= 0.6 is 11.3 Å². The minimum absolute atomic E-state index is 0.550. The monoisotopic (exact) mass is 307 g/mol. The minimum Gasteiger partial charge on any atom is -0.504 e. The van der Waals surface area contributed by atoms with E-state index in [4.69, 9.17) is 9.84 Å². The van der Waals surface area contributed by atoms with Gasteiger partial charge in [0.05, 0.1) is 30.1 Å². The van der Waals surface area contributed by atoms with Crippen molar-refractivity contribution < 1.29 is 19.4 Å². The van der Waals surface area contributed by atoms with Crippen molar-refractivity contribution in [2.24, 2.45) is 0 Å². The van der Waals surface area contributed by atoms with E-state index in [1.165, 1.54) is 7.11 Å². The molecule has 1 aromatic carbocycles. The molecule has 0 unspecified atom stereocenters. The van der Waals surface area contributed by atoms with Gasteiger partial charge >= 0.3 is 5.97 Å². The number of carbonyl (C=O) groups is 1. The van der Waals surface area contributed by atoms with Crippen LogP contribution in [0.15, 0.2) is 48.0 Å². The SMILES string of the molecule is COC=CC(=O)O.Cc1nc(COc2ccccc2)cs1. The highest BCUT2D eigenvalue weighted by Gasteiger charge is 1.98. The number of rotatable bonds is 5. The molecule has 0 spiro atoms. The van der Waals surface area contributed by atoms with E-state index >= 15 is 0 Å². The van der Waals surface area contributed by atoms with Gasteiger partial charge in [0.2, 0.25) is 0 Å². The van der Waals surface area contributed by atoms with E-state index in [1.54, 1.807) is 11.3 Å². The molecule has 112 valence electrons. The summed E-state index contributed by atoms with van der Waals surface area (Å²) in [5.74, 6) is -0.111. The number of aliphatic carboxylic acids is 1. The van der Waals surface area contributed by atoms with Crippen molar-refractivity contribution in [3.05, 3.63) is 58.8 Å². The van der Waals surface area contributed by atoms with Gasteiger partial charge < -0.3 is 14.6 Å². The first-order chi connectivity index (χ1) is 10.1. The van der Waals surface area contributed by atoms with Gasteiger partial charge in [-0.05, 0) is 19.1 Å². The molecule has 6 heteroatoms. The van der Waals surface area contributed by atoms with Crippen molar-refractivity contribution >= 4 is 17.3 Å². The zero-order valence-corrected chi connectivity index (χ0v) is 12.7. The maximum absolute atomic E-state index is 9.59. The molecule has 2 aromatic rings. The molecule has 0 fully saturated rings. The molecular weight excluding hydrogens is 290 g/mol. The Bertz CT molecular complexity index is 566. The van der Waals surface area contributed by atoms with Crippen LogP contribution in [0.25, 0.3) is 0 Å². The van der Waals surface area contributed by atoms with Gasteiger partial charge in [0.25, 0.3) is 0 Å². The van der Waals surface area contributed by atoms with Gasteiger partial charge in [0.15, 0.2) is 0 Å². The van der Waals surface area contributed by atoms with Crippen LogP contribution in [0.2, 0.25) is 0 Å². The number of thiazole rings is 1. The number of aromatic nitrogens is 1. The summed E-state index contributed by atoms with van der Waals surface area (Å²) in [4.78, 5) is 13.9. The van der Waals surface area contributed by atoms with Gasteiger partial charge in [-0.1, -0.05) is 18.2 Å². The molecule has 2 rings (SSSR count). The topological polar surface area (TPSA) is 68.7 Å². The van der Waals surface area contributed by atoms with Crippen molar-refractivity contribution in [1.82, 2.24) is 4.98 Å². The van der Waals surface area contributed by atoms with Crippen LogP contribution in [0.3, 0.4) is 0 Å². The van der Waals surface area contributed by atoms with Gasteiger partial charge in [-0.3, -0.25) is 0 Å². The summed E-state index contributed by atoms with van der Waals surface area (Å²) >= 11 is 1.65. The van der Waals surface area contributed by atoms with Crippen LogP contribution < -0.4 is 4.74 Å². The van der Waals surface area contributed by atoms with Gasteiger partial charge in [-0.25, -0.2) is 9.78 Å². The maximum atomic E-state index is 9.59. The van der Waals surface area contributed by atoms with E-state index < -0.39 is 5.97 Å². The van der Waals surface area contributed by atoms with Crippen molar-refractivity contribution in [2.75, 3.05) is 7.11 Å². The van der Waals surface area contributed by atoms with Crippen LogP contribution in [0.5, 0.6) is 5.75 Å². The first kappa shape index (κ1) is 16.7. The van der Waals surface area contributed by atoms with Gasteiger partial charge in [0, 0.05) is 5.38 Å². The number of carboxylic acid groups (broad SMARTS) is 1. The van der Waals surface area contributed by atoms with Crippen molar-refractivity contribution in [2.45, 2.75) is 13.5 Å². The van der Waals surface area contributed by atoms with E-state index in [0.717, 1.165) is 28.8 Å². The molecule has 0 aliphatic heterocycles. The summed E-state index contributed by atoms with van der Waals surface area (Å²) in [7, 11) is 1.39. The van der Waals surface area contributed by atoms with E-state index in [1.807, 2.05) is 42.6 Å². The highest BCUT2D eigenvalue weighted by Crippen LogP contribution is 2.13. The molecule has 0 saturated heterocycles. The molecule has 0 radical (unpaired) electrons. The Morgan fingerprint density at radius 3 is 2.57 bits per heavy atom. The molecule has 0 aliphatic carbocycles. The lowest BCUT2D eigenvalue weighted by Gasteiger charge is -2.02.